The van der Waals surface area contributed by atoms with Gasteiger partial charge >= 0.3 is 0 Å². The molecule has 0 aliphatic heterocycles. The third kappa shape index (κ3) is 2.42. The van der Waals surface area contributed by atoms with E-state index in [2.05, 4.69) is 9.97 Å². The van der Waals surface area contributed by atoms with Crippen LogP contribution in [0.1, 0.15) is 28.2 Å². The highest BCUT2D eigenvalue weighted by Crippen LogP contribution is 2.26. The summed E-state index contributed by atoms with van der Waals surface area (Å²) in [6.07, 6.45) is 1.46. The lowest BCUT2D eigenvalue weighted by Gasteiger charge is -2.24. The Morgan fingerprint density at radius 1 is 1.48 bits per heavy atom. The summed E-state index contributed by atoms with van der Waals surface area (Å²) in [6.45, 7) is 1.95. The molecule has 1 amide bonds. The number of fused-ring (bicyclic) bond motifs is 1. The van der Waals surface area contributed by atoms with E-state index in [1.54, 1.807) is 23.3 Å². The van der Waals surface area contributed by atoms with Crippen molar-refractivity contribution in [1.29, 1.82) is 0 Å². The fourth-order valence-corrected chi connectivity index (χ4v) is 3.09. The molecule has 0 radical (unpaired) electrons. The van der Waals surface area contributed by atoms with Crippen LogP contribution in [0.25, 0.3) is 11.0 Å². The lowest BCUT2D eigenvalue weighted by Crippen LogP contribution is -2.29. The van der Waals surface area contributed by atoms with Crippen LogP contribution in [0.4, 0.5) is 4.39 Å². The quantitative estimate of drug-likeness (QED) is 0.803. The van der Waals surface area contributed by atoms with Crippen molar-refractivity contribution in [2.24, 2.45) is 0 Å². The van der Waals surface area contributed by atoms with Crippen molar-refractivity contribution in [3.8, 4) is 0 Å². The Kier molecular flexibility index (Phi) is 3.47. The predicted octanol–water partition coefficient (Wildman–Crippen LogP) is 3.60. The second-order valence-electron chi connectivity index (χ2n) is 4.86. The molecule has 2 aromatic heterocycles. The van der Waals surface area contributed by atoms with Gasteiger partial charge in [0, 0.05) is 11.9 Å². The van der Waals surface area contributed by atoms with Crippen LogP contribution < -0.4 is 0 Å². The van der Waals surface area contributed by atoms with E-state index in [9.17, 15) is 9.18 Å². The fourth-order valence-electron chi connectivity index (χ4n) is 2.26. The van der Waals surface area contributed by atoms with Gasteiger partial charge in [-0.3, -0.25) is 4.79 Å². The van der Waals surface area contributed by atoms with Gasteiger partial charge in [-0.1, -0.05) is 6.07 Å². The smallest absolute Gasteiger partial charge is 0.256 e. The molecule has 2 heterocycles. The molecule has 1 atom stereocenters. The maximum absolute atomic E-state index is 13.7. The summed E-state index contributed by atoms with van der Waals surface area (Å²) in [6, 6.07) is 6.43. The number of hydrogen-bond donors (Lipinski definition) is 1. The van der Waals surface area contributed by atoms with Gasteiger partial charge in [0.05, 0.1) is 23.4 Å². The molecular formula is C15H14FN3OS. The molecule has 0 saturated heterocycles. The highest BCUT2D eigenvalue weighted by Gasteiger charge is 2.22. The molecule has 3 rings (SSSR count). The highest BCUT2D eigenvalue weighted by molar-refractivity contribution is 7.10. The van der Waals surface area contributed by atoms with Gasteiger partial charge in [-0.25, -0.2) is 9.37 Å². The van der Waals surface area contributed by atoms with Gasteiger partial charge in [-0.2, -0.15) is 0 Å². The number of H-pyrrole nitrogens is 1. The maximum Gasteiger partial charge on any atom is 0.256 e. The van der Waals surface area contributed by atoms with Crippen molar-refractivity contribution in [2.45, 2.75) is 13.0 Å². The fraction of sp³-hybridized carbons (Fsp3) is 0.200. The number of nitrogens with zero attached hydrogens (tertiary/aromatic N) is 2. The van der Waals surface area contributed by atoms with E-state index in [0.29, 0.717) is 11.0 Å². The molecule has 0 bridgehead atoms. The summed E-state index contributed by atoms with van der Waals surface area (Å²) in [7, 11) is 1.72. The molecule has 0 spiro atoms. The van der Waals surface area contributed by atoms with Gasteiger partial charge in [0.15, 0.2) is 0 Å². The Balaban J connectivity index is 1.98. The molecule has 108 valence electrons. The van der Waals surface area contributed by atoms with Gasteiger partial charge < -0.3 is 9.88 Å². The van der Waals surface area contributed by atoms with Crippen molar-refractivity contribution >= 4 is 28.3 Å². The summed E-state index contributed by atoms with van der Waals surface area (Å²) in [5.41, 5.74) is 1.29. The molecule has 1 aromatic carbocycles. The third-order valence-electron chi connectivity index (χ3n) is 3.58. The van der Waals surface area contributed by atoms with Crippen LogP contribution in [0.15, 0.2) is 36.0 Å². The largest absolute Gasteiger partial charge is 0.344 e. The Labute approximate surface area is 125 Å². The summed E-state index contributed by atoms with van der Waals surface area (Å²) in [5.74, 6) is -0.695. The lowest BCUT2D eigenvalue weighted by molar-refractivity contribution is 0.0746. The van der Waals surface area contributed by atoms with E-state index in [0.717, 1.165) is 4.88 Å². The minimum atomic E-state index is -0.452. The Hall–Kier alpha value is -2.21. The number of thiophene rings is 1. The van der Waals surface area contributed by atoms with Crippen molar-refractivity contribution in [2.75, 3.05) is 7.05 Å². The van der Waals surface area contributed by atoms with Crippen molar-refractivity contribution in [1.82, 2.24) is 14.9 Å². The van der Waals surface area contributed by atoms with E-state index in [1.165, 1.54) is 18.5 Å². The first-order chi connectivity index (χ1) is 10.1. The third-order valence-corrected chi connectivity index (χ3v) is 4.62. The molecule has 0 aliphatic rings. The van der Waals surface area contributed by atoms with Crippen LogP contribution in [0.2, 0.25) is 0 Å². The van der Waals surface area contributed by atoms with Crippen LogP contribution in [-0.4, -0.2) is 27.8 Å². The zero-order valence-corrected chi connectivity index (χ0v) is 12.4. The number of benzene rings is 1. The number of halogens is 1. The van der Waals surface area contributed by atoms with Crippen molar-refractivity contribution in [3.05, 3.63) is 52.2 Å². The van der Waals surface area contributed by atoms with Crippen LogP contribution in [0.3, 0.4) is 0 Å². The lowest BCUT2D eigenvalue weighted by atomic mass is 10.1. The number of carbonyl (C=O) groups is 1. The average Bonchev–Trinajstić information content (AvgIpc) is 3.14. The number of imidazole rings is 1. The minimum absolute atomic E-state index is 0.0743. The highest BCUT2D eigenvalue weighted by atomic mass is 32.1. The number of hydrogen-bond acceptors (Lipinski definition) is 3. The second-order valence-corrected chi connectivity index (χ2v) is 5.84. The van der Waals surface area contributed by atoms with Gasteiger partial charge in [-0.15, -0.1) is 11.3 Å². The van der Waals surface area contributed by atoms with Gasteiger partial charge in [0.2, 0.25) is 0 Å². The zero-order valence-electron chi connectivity index (χ0n) is 11.6. The molecule has 0 unspecified atom stereocenters. The van der Waals surface area contributed by atoms with Crippen molar-refractivity contribution < 1.29 is 9.18 Å². The molecule has 21 heavy (non-hydrogen) atoms. The minimum Gasteiger partial charge on any atom is -0.344 e. The molecule has 6 heteroatoms. The Morgan fingerprint density at radius 2 is 2.29 bits per heavy atom. The van der Waals surface area contributed by atoms with E-state index in [4.69, 9.17) is 0 Å². The Bertz CT molecular complexity index is 781. The summed E-state index contributed by atoms with van der Waals surface area (Å²) >= 11 is 1.59. The maximum atomic E-state index is 13.7. The average molecular weight is 303 g/mol. The molecule has 1 N–H and O–H groups in total. The van der Waals surface area contributed by atoms with E-state index < -0.39 is 5.82 Å². The molecular weight excluding hydrogens is 289 g/mol. The van der Waals surface area contributed by atoms with Gasteiger partial charge in [-0.05, 0) is 30.5 Å². The van der Waals surface area contributed by atoms with E-state index in [-0.39, 0.29) is 17.5 Å². The summed E-state index contributed by atoms with van der Waals surface area (Å²) < 4.78 is 13.7. The number of amides is 1. The molecule has 0 fully saturated rings. The first kappa shape index (κ1) is 13.8. The van der Waals surface area contributed by atoms with Crippen LogP contribution >= 0.6 is 11.3 Å². The van der Waals surface area contributed by atoms with Gasteiger partial charge in [0.25, 0.3) is 5.91 Å². The van der Waals surface area contributed by atoms with Crippen LogP contribution in [0, 0.1) is 5.82 Å². The first-order valence-electron chi connectivity index (χ1n) is 6.51. The monoisotopic (exact) mass is 303 g/mol. The number of nitrogens with one attached hydrogen (secondary N) is 1. The summed E-state index contributed by atoms with van der Waals surface area (Å²) in [4.78, 5) is 22.3. The van der Waals surface area contributed by atoms with Crippen LogP contribution in [-0.2, 0) is 0 Å². The number of aromatic amines is 1. The van der Waals surface area contributed by atoms with Crippen molar-refractivity contribution in [3.63, 3.8) is 0 Å². The number of rotatable bonds is 3. The normalized spacial score (nSPS) is 12.5. The Morgan fingerprint density at radius 3 is 3.00 bits per heavy atom. The molecule has 4 nitrogen and oxygen atoms in total. The zero-order chi connectivity index (χ0) is 15.0. The topological polar surface area (TPSA) is 49.0 Å². The summed E-state index contributed by atoms with van der Waals surface area (Å²) in [5, 5.41) is 1.97. The first-order valence-corrected chi connectivity index (χ1v) is 7.39. The predicted molar refractivity (Wildman–Crippen MR) is 80.9 cm³/mol. The van der Waals surface area contributed by atoms with Gasteiger partial charge in [0.1, 0.15) is 11.3 Å². The van der Waals surface area contributed by atoms with E-state index in [1.807, 2.05) is 24.4 Å². The van der Waals surface area contributed by atoms with Crippen LogP contribution in [0.5, 0.6) is 0 Å². The molecule has 0 saturated carbocycles. The van der Waals surface area contributed by atoms with E-state index >= 15 is 0 Å². The SMILES string of the molecule is C[C@H](c1cccs1)N(C)C(=O)c1cc(F)cc2[nH]cnc12. The molecule has 3 aromatic rings. The number of aromatic nitrogens is 2. The second kappa shape index (κ2) is 5.29. The molecule has 0 aliphatic carbocycles. The standard InChI is InChI=1S/C15H14FN3OS/c1-9(13-4-3-5-21-13)19(2)15(20)11-6-10(16)7-12-14(11)18-8-17-12/h3-9H,1-2H3,(H,17,18)/t9-/m1/s1. The number of carbonyl (C=O) groups excluding carboxylic acids is 1.